The Bertz CT molecular complexity index is 1110. The Hall–Kier alpha value is -3.39. The molecule has 1 aliphatic heterocycles. The van der Waals surface area contributed by atoms with Crippen molar-refractivity contribution < 1.29 is 19.1 Å². The largest absolute Gasteiger partial charge is 0.497 e. The van der Waals surface area contributed by atoms with Crippen molar-refractivity contribution in [3.05, 3.63) is 88.2 Å². The molecule has 0 radical (unpaired) electrons. The van der Waals surface area contributed by atoms with Crippen LogP contribution in [0.2, 0.25) is 0 Å². The molecule has 0 spiro atoms. The van der Waals surface area contributed by atoms with Crippen LogP contribution in [0.15, 0.2) is 76.4 Å². The Balaban J connectivity index is 1.54. The first-order chi connectivity index (χ1) is 15.0. The highest BCUT2D eigenvalue weighted by molar-refractivity contribution is 9.10. The molecule has 1 aliphatic rings. The minimum Gasteiger partial charge on any atom is -0.497 e. The van der Waals surface area contributed by atoms with Gasteiger partial charge in [-0.3, -0.25) is 4.79 Å². The predicted octanol–water partition coefficient (Wildman–Crippen LogP) is 4.32. The molecular weight excluding hydrogens is 462 g/mol. The number of ether oxygens (including phenoxy) is 2. The van der Waals surface area contributed by atoms with Crippen LogP contribution in [-0.4, -0.2) is 41.3 Å². The molecule has 3 aromatic rings. The summed E-state index contributed by atoms with van der Waals surface area (Å²) in [7, 11) is 1.61. The Morgan fingerprint density at radius 1 is 1.16 bits per heavy atom. The number of hydrogen-bond acceptors (Lipinski definition) is 5. The van der Waals surface area contributed by atoms with Gasteiger partial charge in [0, 0.05) is 17.1 Å². The summed E-state index contributed by atoms with van der Waals surface area (Å²) in [5, 5.41) is 5.98. The minimum absolute atomic E-state index is 0.265. The fourth-order valence-electron chi connectivity index (χ4n) is 3.39. The molecule has 8 heteroatoms. The molecule has 1 amide bonds. The summed E-state index contributed by atoms with van der Waals surface area (Å²) in [6.45, 7) is -0.409. The van der Waals surface area contributed by atoms with E-state index in [1.165, 1.54) is 5.01 Å². The van der Waals surface area contributed by atoms with Crippen LogP contribution < -0.4 is 4.74 Å². The van der Waals surface area contributed by atoms with Gasteiger partial charge in [0.15, 0.2) is 6.61 Å². The van der Waals surface area contributed by atoms with Gasteiger partial charge < -0.3 is 14.5 Å². The first-order valence-electron chi connectivity index (χ1n) is 9.65. The van der Waals surface area contributed by atoms with Crippen LogP contribution in [0.1, 0.15) is 34.1 Å². The number of H-pyrrole nitrogens is 1. The van der Waals surface area contributed by atoms with Crippen molar-refractivity contribution in [2.24, 2.45) is 5.10 Å². The summed E-state index contributed by atoms with van der Waals surface area (Å²) >= 11 is 3.27. The zero-order valence-corrected chi connectivity index (χ0v) is 18.3. The van der Waals surface area contributed by atoms with E-state index in [1.54, 1.807) is 19.4 Å². The van der Waals surface area contributed by atoms with Gasteiger partial charge in [-0.1, -0.05) is 42.5 Å². The normalized spacial score (nSPS) is 15.5. The number of nitrogens with one attached hydrogen (secondary N) is 1. The van der Waals surface area contributed by atoms with Crippen LogP contribution in [-0.2, 0) is 9.53 Å². The summed E-state index contributed by atoms with van der Waals surface area (Å²) in [5.74, 6) is -0.271. The molecule has 2 heterocycles. The maximum absolute atomic E-state index is 13.0. The molecule has 7 nitrogen and oxygen atoms in total. The standard InChI is InChI=1S/C23H20BrN3O4/c1-30-18-9-7-16(8-10-18)21-12-19(15-5-3-2-4-6-15)26-27(21)22(28)14-31-23(29)20-11-17(24)13-25-20/h2-11,13,21,25H,12,14H2,1H3. The first-order valence-corrected chi connectivity index (χ1v) is 10.4. The highest BCUT2D eigenvalue weighted by Gasteiger charge is 2.33. The third-order valence-electron chi connectivity index (χ3n) is 4.97. The molecule has 158 valence electrons. The number of esters is 1. The molecule has 0 bridgehead atoms. The number of carbonyl (C=O) groups excluding carboxylic acids is 2. The third-order valence-corrected chi connectivity index (χ3v) is 5.43. The lowest BCUT2D eigenvalue weighted by molar-refractivity contribution is -0.136. The summed E-state index contributed by atoms with van der Waals surface area (Å²) < 4.78 is 11.2. The quantitative estimate of drug-likeness (QED) is 0.531. The molecule has 2 aromatic carbocycles. The Kier molecular flexibility index (Phi) is 6.18. The fraction of sp³-hybridized carbons (Fsp3) is 0.174. The molecule has 1 aromatic heterocycles. The summed E-state index contributed by atoms with van der Waals surface area (Å²) in [4.78, 5) is 27.9. The molecule has 0 saturated heterocycles. The van der Waals surface area contributed by atoms with Gasteiger partial charge in [-0.25, -0.2) is 9.80 Å². The fourth-order valence-corrected chi connectivity index (χ4v) is 3.73. The second kappa shape index (κ2) is 9.18. The van der Waals surface area contributed by atoms with Gasteiger partial charge in [-0.05, 0) is 45.3 Å². The van der Waals surface area contributed by atoms with E-state index in [4.69, 9.17) is 9.47 Å². The third kappa shape index (κ3) is 4.69. The molecule has 31 heavy (non-hydrogen) atoms. The Morgan fingerprint density at radius 3 is 2.55 bits per heavy atom. The maximum Gasteiger partial charge on any atom is 0.355 e. The van der Waals surface area contributed by atoms with Crippen LogP contribution >= 0.6 is 15.9 Å². The SMILES string of the molecule is COc1ccc(C2CC(c3ccccc3)=NN2C(=O)COC(=O)c2cc(Br)c[nH]2)cc1. The van der Waals surface area contributed by atoms with Gasteiger partial charge in [-0.15, -0.1) is 0 Å². The predicted molar refractivity (Wildman–Crippen MR) is 119 cm³/mol. The zero-order chi connectivity index (χ0) is 21.8. The van der Waals surface area contributed by atoms with Crippen LogP contribution in [0.25, 0.3) is 0 Å². The van der Waals surface area contributed by atoms with E-state index in [0.29, 0.717) is 6.42 Å². The van der Waals surface area contributed by atoms with Gasteiger partial charge in [0.1, 0.15) is 11.4 Å². The highest BCUT2D eigenvalue weighted by atomic mass is 79.9. The van der Waals surface area contributed by atoms with Crippen LogP contribution in [0.4, 0.5) is 0 Å². The summed E-state index contributed by atoms with van der Waals surface area (Å²) in [6.07, 6.45) is 2.18. The number of aromatic nitrogens is 1. The lowest BCUT2D eigenvalue weighted by Gasteiger charge is -2.22. The molecule has 0 saturated carbocycles. The lowest BCUT2D eigenvalue weighted by Crippen LogP contribution is -2.31. The van der Waals surface area contributed by atoms with E-state index in [9.17, 15) is 9.59 Å². The van der Waals surface area contributed by atoms with Crippen molar-refractivity contribution >= 4 is 33.5 Å². The average molecular weight is 482 g/mol. The van der Waals surface area contributed by atoms with Crippen molar-refractivity contribution in [3.8, 4) is 5.75 Å². The second-order valence-electron chi connectivity index (χ2n) is 6.95. The van der Waals surface area contributed by atoms with Crippen molar-refractivity contribution in [1.29, 1.82) is 0 Å². The number of aromatic amines is 1. The number of hydrogen-bond donors (Lipinski definition) is 1. The molecular formula is C23H20BrN3O4. The Morgan fingerprint density at radius 2 is 1.90 bits per heavy atom. The smallest absolute Gasteiger partial charge is 0.355 e. The number of hydrazone groups is 1. The summed E-state index contributed by atoms with van der Waals surface area (Å²) in [5.41, 5.74) is 2.93. The van der Waals surface area contributed by atoms with Crippen molar-refractivity contribution in [1.82, 2.24) is 9.99 Å². The van der Waals surface area contributed by atoms with Crippen LogP contribution in [0.3, 0.4) is 0 Å². The number of methoxy groups -OCH3 is 1. The molecule has 1 unspecified atom stereocenters. The Labute approximate surface area is 187 Å². The maximum atomic E-state index is 13.0. The molecule has 4 rings (SSSR count). The number of amides is 1. The number of benzene rings is 2. The van der Waals surface area contributed by atoms with Crippen molar-refractivity contribution in [2.45, 2.75) is 12.5 Å². The average Bonchev–Trinajstić information content (AvgIpc) is 3.45. The molecule has 0 aliphatic carbocycles. The zero-order valence-electron chi connectivity index (χ0n) is 16.7. The van der Waals surface area contributed by atoms with Crippen LogP contribution in [0, 0.1) is 0 Å². The van der Waals surface area contributed by atoms with Gasteiger partial charge in [0.25, 0.3) is 5.91 Å². The van der Waals surface area contributed by atoms with Crippen LogP contribution in [0.5, 0.6) is 5.75 Å². The van der Waals surface area contributed by atoms with E-state index in [2.05, 4.69) is 26.0 Å². The summed E-state index contributed by atoms with van der Waals surface area (Å²) in [6, 6.07) is 18.5. The number of carbonyl (C=O) groups is 2. The van der Waals surface area contributed by atoms with Gasteiger partial charge >= 0.3 is 5.97 Å². The van der Waals surface area contributed by atoms with E-state index in [1.807, 2.05) is 54.6 Å². The molecule has 0 fully saturated rings. The number of halogens is 1. The monoisotopic (exact) mass is 481 g/mol. The molecule has 1 atom stereocenters. The van der Waals surface area contributed by atoms with Crippen molar-refractivity contribution in [3.63, 3.8) is 0 Å². The van der Waals surface area contributed by atoms with E-state index in [0.717, 1.165) is 27.1 Å². The van der Waals surface area contributed by atoms with E-state index < -0.39 is 18.5 Å². The first kappa shape index (κ1) is 20.9. The molecule has 1 N–H and O–H groups in total. The number of nitrogens with zero attached hydrogens (tertiary/aromatic N) is 2. The minimum atomic E-state index is -0.605. The van der Waals surface area contributed by atoms with E-state index in [-0.39, 0.29) is 11.7 Å². The topological polar surface area (TPSA) is 84.0 Å². The highest BCUT2D eigenvalue weighted by Crippen LogP contribution is 2.33. The second-order valence-corrected chi connectivity index (χ2v) is 7.87. The lowest BCUT2D eigenvalue weighted by atomic mass is 9.98. The van der Waals surface area contributed by atoms with Gasteiger partial charge in [-0.2, -0.15) is 5.10 Å². The number of rotatable bonds is 6. The van der Waals surface area contributed by atoms with Crippen molar-refractivity contribution in [2.75, 3.05) is 13.7 Å². The van der Waals surface area contributed by atoms with E-state index >= 15 is 0 Å². The van der Waals surface area contributed by atoms with Gasteiger partial charge in [0.05, 0.1) is 18.9 Å². The van der Waals surface area contributed by atoms with Gasteiger partial charge in [0.2, 0.25) is 0 Å².